The summed E-state index contributed by atoms with van der Waals surface area (Å²) < 4.78 is 5.98. The third-order valence-electron chi connectivity index (χ3n) is 5.47. The molecule has 2 heterocycles. The normalized spacial score (nSPS) is 19.4. The van der Waals surface area contributed by atoms with Gasteiger partial charge in [-0.1, -0.05) is 26.0 Å². The number of benzene rings is 1. The van der Waals surface area contributed by atoms with Crippen molar-refractivity contribution >= 4 is 23.0 Å². The van der Waals surface area contributed by atoms with E-state index in [4.69, 9.17) is 16.2 Å². The van der Waals surface area contributed by atoms with Crippen LogP contribution >= 0.6 is 0 Å². The van der Waals surface area contributed by atoms with Crippen LogP contribution in [0.15, 0.2) is 35.6 Å². The number of ether oxygens (including phenoxy) is 1. The van der Waals surface area contributed by atoms with Gasteiger partial charge in [-0.25, -0.2) is 0 Å². The molecule has 0 radical (unpaired) electrons. The summed E-state index contributed by atoms with van der Waals surface area (Å²) in [5.74, 6) is -0.372. The summed E-state index contributed by atoms with van der Waals surface area (Å²) in [6, 6.07) is 7.94. The number of aromatic nitrogens is 1. The molecular weight excluding hydrogens is 386 g/mol. The number of non-ortho nitro benzene ring substituents is 1. The van der Waals surface area contributed by atoms with Crippen molar-refractivity contribution in [2.45, 2.75) is 32.6 Å². The predicted molar refractivity (Wildman–Crippen MR) is 108 cm³/mol. The summed E-state index contributed by atoms with van der Waals surface area (Å²) >= 11 is 0. The highest BCUT2D eigenvalue weighted by Crippen LogP contribution is 2.52. The Labute approximate surface area is 172 Å². The number of rotatable bonds is 2. The average molecular weight is 405 g/mol. The van der Waals surface area contributed by atoms with E-state index in [2.05, 4.69) is 4.98 Å². The summed E-state index contributed by atoms with van der Waals surface area (Å²) in [4.78, 5) is 28.2. The van der Waals surface area contributed by atoms with E-state index in [1.54, 1.807) is 12.1 Å². The van der Waals surface area contributed by atoms with Gasteiger partial charge in [0.15, 0.2) is 5.78 Å². The summed E-state index contributed by atoms with van der Waals surface area (Å²) in [6.07, 6.45) is 0.782. The van der Waals surface area contributed by atoms with E-state index in [1.165, 1.54) is 12.1 Å². The molecule has 1 atom stereocenters. The number of hydrogen-bond acceptors (Lipinski definition) is 8. The van der Waals surface area contributed by atoms with Gasteiger partial charge in [-0.15, -0.1) is 0 Å². The molecule has 2 aliphatic rings. The lowest BCUT2D eigenvalue weighted by Gasteiger charge is -2.38. The van der Waals surface area contributed by atoms with E-state index in [0.29, 0.717) is 35.3 Å². The number of nitro groups is 1. The van der Waals surface area contributed by atoms with Gasteiger partial charge in [-0.2, -0.15) is 10.2 Å². The molecule has 1 aromatic heterocycles. The van der Waals surface area contributed by atoms with E-state index in [1.807, 2.05) is 19.9 Å². The molecule has 1 aromatic carbocycles. The fourth-order valence-corrected chi connectivity index (χ4v) is 4.19. The maximum Gasteiger partial charge on any atom is 0.269 e. The maximum absolute atomic E-state index is 13.2. The van der Waals surface area contributed by atoms with Gasteiger partial charge in [-0.3, -0.25) is 14.9 Å². The first-order valence-electron chi connectivity index (χ1n) is 9.30. The van der Waals surface area contributed by atoms with E-state index in [0.717, 1.165) is 0 Å². The van der Waals surface area contributed by atoms with Crippen molar-refractivity contribution in [3.63, 3.8) is 0 Å². The Bertz CT molecular complexity index is 1190. The molecule has 0 saturated heterocycles. The number of carbonyl (C=O) groups excluding carboxylic acids is 1. The summed E-state index contributed by atoms with van der Waals surface area (Å²) in [5, 5.41) is 20.8. The number of carbonyl (C=O) groups is 1. The first-order valence-corrected chi connectivity index (χ1v) is 9.30. The molecule has 4 rings (SSSR count). The van der Waals surface area contributed by atoms with Crippen LogP contribution < -0.4 is 16.2 Å². The highest BCUT2D eigenvalue weighted by atomic mass is 16.6. The average Bonchev–Trinajstić information content (AvgIpc) is 2.65. The molecule has 152 valence electrons. The van der Waals surface area contributed by atoms with E-state index in [-0.39, 0.29) is 39.8 Å². The number of anilines is 2. The molecule has 30 heavy (non-hydrogen) atoms. The van der Waals surface area contributed by atoms with Gasteiger partial charge in [0.1, 0.15) is 23.2 Å². The zero-order valence-corrected chi connectivity index (χ0v) is 16.4. The van der Waals surface area contributed by atoms with E-state index < -0.39 is 10.8 Å². The fraction of sp³-hybridized carbons (Fsp3) is 0.286. The van der Waals surface area contributed by atoms with Crippen molar-refractivity contribution in [1.82, 2.24) is 4.98 Å². The number of nitro benzene ring substituents is 1. The van der Waals surface area contributed by atoms with Gasteiger partial charge < -0.3 is 16.2 Å². The van der Waals surface area contributed by atoms with Gasteiger partial charge in [0, 0.05) is 36.5 Å². The highest BCUT2D eigenvalue weighted by molar-refractivity contribution is 6.00. The molecule has 9 heteroatoms. The molecule has 9 nitrogen and oxygen atoms in total. The lowest BCUT2D eigenvalue weighted by Crippen LogP contribution is -2.33. The molecule has 1 unspecified atom stereocenters. The number of pyridine rings is 1. The number of nitrogens with two attached hydrogens (primary N) is 2. The van der Waals surface area contributed by atoms with Crippen LogP contribution in [0.3, 0.4) is 0 Å². The van der Waals surface area contributed by atoms with Gasteiger partial charge in [0.25, 0.3) is 5.69 Å². The van der Waals surface area contributed by atoms with Crippen LogP contribution in [0.5, 0.6) is 5.88 Å². The number of ketones is 1. The molecule has 0 bridgehead atoms. The zero-order valence-electron chi connectivity index (χ0n) is 16.4. The van der Waals surface area contributed by atoms with Crippen LogP contribution in [0.25, 0.3) is 0 Å². The number of nitriles is 1. The minimum Gasteiger partial charge on any atom is -0.442 e. The summed E-state index contributed by atoms with van der Waals surface area (Å²) in [5.41, 5.74) is 13.0. The van der Waals surface area contributed by atoms with Crippen molar-refractivity contribution < 1.29 is 14.5 Å². The lowest BCUT2D eigenvalue weighted by atomic mass is 9.70. The molecule has 4 N–H and O–H groups in total. The summed E-state index contributed by atoms with van der Waals surface area (Å²) in [6.45, 7) is 3.93. The predicted octanol–water partition coefficient (Wildman–Crippen LogP) is 3.19. The highest BCUT2D eigenvalue weighted by Gasteiger charge is 2.44. The standard InChI is InChI=1S/C21H19N5O4/c1-21(2)7-13(27)16-14(8-21)30-20-17(18(23)12(9-22)19(24)25-20)15(16)10-4-3-5-11(6-10)26(28)29/h3-6,15H,7-8H2,1-2H3,(H4,23,24,25). The SMILES string of the molecule is CC1(C)CC(=O)C2=C(C1)Oc1nc(N)c(C#N)c(N)c1C2c1cccc([N+](=O)[O-])c1. The first-order chi connectivity index (χ1) is 14.1. The monoisotopic (exact) mass is 405 g/mol. The van der Waals surface area contributed by atoms with E-state index >= 15 is 0 Å². The molecule has 2 aromatic rings. The van der Waals surface area contributed by atoms with Crippen LogP contribution in [-0.2, 0) is 4.79 Å². The quantitative estimate of drug-likeness (QED) is 0.569. The second-order valence-electron chi connectivity index (χ2n) is 8.28. The molecule has 0 amide bonds. The number of nitrogens with zero attached hydrogens (tertiary/aromatic N) is 3. The molecule has 0 fully saturated rings. The molecule has 0 saturated carbocycles. The van der Waals surface area contributed by atoms with Crippen LogP contribution in [0.2, 0.25) is 0 Å². The first kappa shape index (κ1) is 19.4. The van der Waals surface area contributed by atoms with E-state index in [9.17, 15) is 20.2 Å². The number of nitrogen functional groups attached to an aromatic ring is 2. The Hall–Kier alpha value is -3.93. The third-order valence-corrected chi connectivity index (χ3v) is 5.47. The summed E-state index contributed by atoms with van der Waals surface area (Å²) in [7, 11) is 0. The molecule has 1 aliphatic heterocycles. The number of allylic oxidation sites excluding steroid dienone is 2. The van der Waals surface area contributed by atoms with Crippen molar-refractivity contribution in [2.75, 3.05) is 11.5 Å². The second kappa shape index (κ2) is 6.56. The van der Waals surface area contributed by atoms with Gasteiger partial charge in [0.05, 0.1) is 16.2 Å². The fourth-order valence-electron chi connectivity index (χ4n) is 4.19. The van der Waals surface area contributed by atoms with Crippen LogP contribution in [0.4, 0.5) is 17.2 Å². The lowest BCUT2D eigenvalue weighted by molar-refractivity contribution is -0.384. The van der Waals surface area contributed by atoms with Crippen molar-refractivity contribution in [3.8, 4) is 11.9 Å². The topological polar surface area (TPSA) is 158 Å². The second-order valence-corrected chi connectivity index (χ2v) is 8.28. The van der Waals surface area contributed by atoms with Gasteiger partial charge in [0.2, 0.25) is 5.88 Å². The Morgan fingerprint density at radius 2 is 2.07 bits per heavy atom. The Kier molecular flexibility index (Phi) is 4.24. The van der Waals surface area contributed by atoms with Crippen molar-refractivity contribution in [2.24, 2.45) is 5.41 Å². The van der Waals surface area contributed by atoms with Gasteiger partial charge >= 0.3 is 0 Å². The van der Waals surface area contributed by atoms with Crippen LogP contribution in [-0.4, -0.2) is 15.7 Å². The third kappa shape index (κ3) is 2.93. The molecule has 0 spiro atoms. The number of Topliss-reactive ketones (excluding diaryl/α,β-unsaturated/α-hetero) is 1. The number of fused-ring (bicyclic) bond motifs is 1. The Morgan fingerprint density at radius 1 is 1.33 bits per heavy atom. The Balaban J connectivity index is 2.03. The maximum atomic E-state index is 13.2. The minimum atomic E-state index is -0.743. The van der Waals surface area contributed by atoms with Crippen molar-refractivity contribution in [1.29, 1.82) is 5.26 Å². The molecule has 1 aliphatic carbocycles. The zero-order chi connectivity index (χ0) is 21.8. The Morgan fingerprint density at radius 3 is 2.73 bits per heavy atom. The number of hydrogen-bond donors (Lipinski definition) is 2. The van der Waals surface area contributed by atoms with Crippen LogP contribution in [0.1, 0.15) is 49.3 Å². The largest absolute Gasteiger partial charge is 0.442 e. The minimum absolute atomic E-state index is 0.0135. The molecular formula is C21H19N5O4. The van der Waals surface area contributed by atoms with Crippen LogP contribution in [0, 0.1) is 26.9 Å². The van der Waals surface area contributed by atoms with Crippen molar-refractivity contribution in [3.05, 3.63) is 62.4 Å². The van der Waals surface area contributed by atoms with Gasteiger partial charge in [-0.05, 0) is 11.0 Å². The smallest absolute Gasteiger partial charge is 0.269 e.